The summed E-state index contributed by atoms with van der Waals surface area (Å²) in [5.41, 5.74) is 5.56. The highest BCUT2D eigenvalue weighted by Crippen LogP contribution is 2.16. The number of nitrogen functional groups attached to an aromatic ring is 1. The van der Waals surface area contributed by atoms with Crippen LogP contribution in [0.15, 0.2) is 18.3 Å². The number of unbranched alkanes of at least 4 members (excludes halogenated alkanes) is 1. The number of pyridine rings is 1. The molecule has 1 heterocycles. The van der Waals surface area contributed by atoms with Crippen molar-refractivity contribution in [1.29, 1.82) is 0 Å². The first-order valence-corrected chi connectivity index (χ1v) is 4.11. The number of terminal acetylenes is 1. The number of rotatable bonds is 4. The van der Waals surface area contributed by atoms with Gasteiger partial charge in [0.05, 0.1) is 6.61 Å². The van der Waals surface area contributed by atoms with E-state index in [0.29, 0.717) is 18.2 Å². The molecule has 0 spiro atoms. The van der Waals surface area contributed by atoms with Gasteiger partial charge in [-0.1, -0.05) is 0 Å². The van der Waals surface area contributed by atoms with Crippen LogP contribution in [0.1, 0.15) is 12.8 Å². The van der Waals surface area contributed by atoms with Gasteiger partial charge in [-0.05, 0) is 18.6 Å². The monoisotopic (exact) mass is 176 g/mol. The van der Waals surface area contributed by atoms with E-state index in [9.17, 15) is 0 Å². The van der Waals surface area contributed by atoms with Crippen molar-refractivity contribution in [3.8, 4) is 18.1 Å². The third kappa shape index (κ3) is 3.04. The van der Waals surface area contributed by atoms with Gasteiger partial charge in [-0.25, -0.2) is 4.98 Å². The molecule has 1 aromatic heterocycles. The lowest BCUT2D eigenvalue weighted by Crippen LogP contribution is -2.00. The van der Waals surface area contributed by atoms with Crippen LogP contribution in [-0.4, -0.2) is 11.6 Å². The van der Waals surface area contributed by atoms with Crippen molar-refractivity contribution in [2.24, 2.45) is 0 Å². The highest BCUT2D eigenvalue weighted by Gasteiger charge is 1.97. The van der Waals surface area contributed by atoms with Crippen molar-refractivity contribution in [2.75, 3.05) is 12.3 Å². The maximum atomic E-state index is 5.56. The second-order valence-electron chi connectivity index (χ2n) is 2.54. The molecule has 0 amide bonds. The molecule has 0 saturated carbocycles. The van der Waals surface area contributed by atoms with Gasteiger partial charge in [0.2, 0.25) is 0 Å². The highest BCUT2D eigenvalue weighted by atomic mass is 16.5. The largest absolute Gasteiger partial charge is 0.490 e. The predicted molar refractivity (Wildman–Crippen MR) is 52.2 cm³/mol. The van der Waals surface area contributed by atoms with E-state index >= 15 is 0 Å². The third-order valence-corrected chi connectivity index (χ3v) is 1.52. The summed E-state index contributed by atoms with van der Waals surface area (Å²) in [5.74, 6) is 3.59. The summed E-state index contributed by atoms with van der Waals surface area (Å²) in [6.45, 7) is 0.583. The first-order valence-electron chi connectivity index (χ1n) is 4.11. The highest BCUT2D eigenvalue weighted by molar-refractivity contribution is 5.44. The Bertz CT molecular complexity index is 304. The molecule has 0 bridgehead atoms. The van der Waals surface area contributed by atoms with E-state index in [1.54, 1.807) is 18.3 Å². The fraction of sp³-hybridized carbons (Fsp3) is 0.300. The van der Waals surface area contributed by atoms with Crippen molar-refractivity contribution in [2.45, 2.75) is 12.8 Å². The van der Waals surface area contributed by atoms with Crippen LogP contribution in [0, 0.1) is 12.3 Å². The van der Waals surface area contributed by atoms with E-state index in [1.807, 2.05) is 0 Å². The minimum Gasteiger partial charge on any atom is -0.490 e. The first-order chi connectivity index (χ1) is 6.34. The van der Waals surface area contributed by atoms with Crippen LogP contribution in [-0.2, 0) is 0 Å². The molecule has 13 heavy (non-hydrogen) atoms. The molecular weight excluding hydrogens is 164 g/mol. The van der Waals surface area contributed by atoms with E-state index < -0.39 is 0 Å². The average molecular weight is 176 g/mol. The van der Waals surface area contributed by atoms with Gasteiger partial charge in [0.1, 0.15) is 0 Å². The molecule has 2 N–H and O–H groups in total. The van der Waals surface area contributed by atoms with Gasteiger partial charge in [0, 0.05) is 12.6 Å². The lowest BCUT2D eigenvalue weighted by Gasteiger charge is -2.05. The quantitative estimate of drug-likeness (QED) is 0.558. The van der Waals surface area contributed by atoms with Crippen LogP contribution in [0.5, 0.6) is 5.75 Å². The van der Waals surface area contributed by atoms with Crippen LogP contribution in [0.4, 0.5) is 5.82 Å². The number of anilines is 1. The molecular formula is C10H12N2O. The lowest BCUT2D eigenvalue weighted by molar-refractivity contribution is 0.313. The molecule has 0 unspecified atom stereocenters. The Kier molecular flexibility index (Phi) is 3.65. The van der Waals surface area contributed by atoms with E-state index in [0.717, 1.165) is 12.8 Å². The average Bonchev–Trinajstić information content (AvgIpc) is 2.15. The normalized spacial score (nSPS) is 9.15. The van der Waals surface area contributed by atoms with Crippen molar-refractivity contribution < 1.29 is 4.74 Å². The molecule has 68 valence electrons. The lowest BCUT2D eigenvalue weighted by atomic mass is 10.3. The summed E-state index contributed by atoms with van der Waals surface area (Å²) in [5, 5.41) is 0. The number of hydrogen-bond donors (Lipinski definition) is 1. The van der Waals surface area contributed by atoms with Gasteiger partial charge in [0.25, 0.3) is 0 Å². The molecule has 3 nitrogen and oxygen atoms in total. The van der Waals surface area contributed by atoms with Crippen molar-refractivity contribution in [3.63, 3.8) is 0 Å². The SMILES string of the molecule is C#CCCCOc1cccnc1N. The number of nitrogens with zero attached hydrogens (tertiary/aromatic N) is 1. The molecule has 0 saturated heterocycles. The molecule has 0 aliphatic heterocycles. The minimum atomic E-state index is 0.420. The van der Waals surface area contributed by atoms with Gasteiger partial charge in [-0.3, -0.25) is 0 Å². The van der Waals surface area contributed by atoms with E-state index in [2.05, 4.69) is 10.9 Å². The van der Waals surface area contributed by atoms with Gasteiger partial charge in [0.15, 0.2) is 11.6 Å². The van der Waals surface area contributed by atoms with Gasteiger partial charge >= 0.3 is 0 Å². The van der Waals surface area contributed by atoms with Crippen LogP contribution in [0.3, 0.4) is 0 Å². The molecule has 0 atom stereocenters. The van der Waals surface area contributed by atoms with Crippen molar-refractivity contribution in [3.05, 3.63) is 18.3 Å². The van der Waals surface area contributed by atoms with E-state index in [1.165, 1.54) is 0 Å². The summed E-state index contributed by atoms with van der Waals surface area (Å²) in [7, 11) is 0. The Balaban J connectivity index is 2.37. The maximum absolute atomic E-state index is 5.56. The first kappa shape index (κ1) is 9.40. The number of nitrogens with two attached hydrogens (primary N) is 1. The second-order valence-corrected chi connectivity index (χ2v) is 2.54. The Morgan fingerprint density at radius 1 is 1.62 bits per heavy atom. The second kappa shape index (κ2) is 5.04. The minimum absolute atomic E-state index is 0.420. The van der Waals surface area contributed by atoms with E-state index in [4.69, 9.17) is 16.9 Å². The number of ether oxygens (including phenoxy) is 1. The van der Waals surface area contributed by atoms with Crippen molar-refractivity contribution in [1.82, 2.24) is 4.98 Å². The molecule has 0 aliphatic rings. The third-order valence-electron chi connectivity index (χ3n) is 1.52. The Morgan fingerprint density at radius 2 is 2.46 bits per heavy atom. The zero-order valence-corrected chi connectivity index (χ0v) is 7.36. The molecule has 0 radical (unpaired) electrons. The zero-order chi connectivity index (χ0) is 9.52. The predicted octanol–water partition coefficient (Wildman–Crippen LogP) is 1.46. The van der Waals surface area contributed by atoms with Crippen LogP contribution in [0.2, 0.25) is 0 Å². The summed E-state index contributed by atoms with van der Waals surface area (Å²) >= 11 is 0. The Hall–Kier alpha value is -1.69. The van der Waals surface area contributed by atoms with Crippen LogP contribution >= 0.6 is 0 Å². The van der Waals surface area contributed by atoms with E-state index in [-0.39, 0.29) is 0 Å². The molecule has 0 aromatic carbocycles. The Morgan fingerprint density at radius 3 is 3.15 bits per heavy atom. The maximum Gasteiger partial charge on any atom is 0.166 e. The molecule has 3 heteroatoms. The Labute approximate surface area is 77.9 Å². The molecule has 0 aliphatic carbocycles. The fourth-order valence-electron chi connectivity index (χ4n) is 0.881. The van der Waals surface area contributed by atoms with Gasteiger partial charge < -0.3 is 10.5 Å². The summed E-state index contributed by atoms with van der Waals surface area (Å²) in [4.78, 5) is 3.89. The summed E-state index contributed by atoms with van der Waals surface area (Å²) in [6.07, 6.45) is 8.28. The zero-order valence-electron chi connectivity index (χ0n) is 7.36. The summed E-state index contributed by atoms with van der Waals surface area (Å²) < 4.78 is 5.36. The standard InChI is InChI=1S/C10H12N2O/c1-2-3-4-8-13-9-6-5-7-12-10(9)11/h1,5-7H,3-4,8H2,(H2,11,12). The summed E-state index contributed by atoms with van der Waals surface area (Å²) in [6, 6.07) is 3.57. The van der Waals surface area contributed by atoms with Gasteiger partial charge in [-0.2, -0.15) is 0 Å². The molecule has 0 fully saturated rings. The molecule has 1 rings (SSSR count). The fourth-order valence-corrected chi connectivity index (χ4v) is 0.881. The smallest absolute Gasteiger partial charge is 0.166 e. The topological polar surface area (TPSA) is 48.1 Å². The molecule has 1 aromatic rings. The van der Waals surface area contributed by atoms with Crippen molar-refractivity contribution >= 4 is 5.82 Å². The number of aromatic nitrogens is 1. The van der Waals surface area contributed by atoms with Crippen LogP contribution < -0.4 is 10.5 Å². The van der Waals surface area contributed by atoms with Crippen LogP contribution in [0.25, 0.3) is 0 Å². The van der Waals surface area contributed by atoms with Gasteiger partial charge in [-0.15, -0.1) is 12.3 Å². The number of hydrogen-bond acceptors (Lipinski definition) is 3.